The number of aryl methyl sites for hydroxylation is 2. The molecule has 25 heavy (non-hydrogen) atoms. The number of nitrogens with one attached hydrogen (secondary N) is 2. The average molecular weight is 338 g/mol. The van der Waals surface area contributed by atoms with E-state index in [1.807, 2.05) is 44.2 Å². The highest BCUT2D eigenvalue weighted by Crippen LogP contribution is 2.19. The minimum Gasteiger partial charge on any atom is -0.321 e. The fourth-order valence-electron chi connectivity index (χ4n) is 2.51. The Balaban J connectivity index is 1.77. The van der Waals surface area contributed by atoms with Gasteiger partial charge in [0.25, 0.3) is 5.91 Å². The molecule has 0 radical (unpaired) electrons. The molecule has 130 valence electrons. The molecule has 0 aliphatic heterocycles. The van der Waals surface area contributed by atoms with E-state index in [4.69, 9.17) is 0 Å². The zero-order chi connectivity index (χ0) is 18.0. The molecule has 2 heterocycles. The first-order valence-corrected chi connectivity index (χ1v) is 8.36. The molecule has 3 aromatic rings. The van der Waals surface area contributed by atoms with Crippen LogP contribution in [0, 0.1) is 6.92 Å². The van der Waals surface area contributed by atoms with Gasteiger partial charge in [0.2, 0.25) is 0 Å². The first kappa shape index (κ1) is 16.9. The van der Waals surface area contributed by atoms with Crippen LogP contribution >= 0.6 is 0 Å². The van der Waals surface area contributed by atoms with Gasteiger partial charge in [-0.2, -0.15) is 10.2 Å². The summed E-state index contributed by atoms with van der Waals surface area (Å²) in [6, 6.07) is 9.31. The Labute approximate surface area is 146 Å². The molecule has 0 aliphatic rings. The van der Waals surface area contributed by atoms with E-state index in [0.717, 1.165) is 22.8 Å². The summed E-state index contributed by atoms with van der Waals surface area (Å²) in [6.45, 7) is 8.61. The molecule has 3 rings (SSSR count). The summed E-state index contributed by atoms with van der Waals surface area (Å²) in [4.78, 5) is 16.9. The second-order valence-corrected chi connectivity index (χ2v) is 6.20. The summed E-state index contributed by atoms with van der Waals surface area (Å²) in [6.07, 6.45) is 0. The van der Waals surface area contributed by atoms with Crippen LogP contribution in [0.5, 0.6) is 0 Å². The normalized spacial score (nSPS) is 11.1. The molecular formula is C18H22N6O. The molecule has 1 amide bonds. The first-order valence-electron chi connectivity index (χ1n) is 8.36. The van der Waals surface area contributed by atoms with Crippen LogP contribution in [-0.4, -0.2) is 30.9 Å². The van der Waals surface area contributed by atoms with Crippen molar-refractivity contribution in [1.82, 2.24) is 25.0 Å². The smallest absolute Gasteiger partial charge is 0.273 e. The number of carbonyl (C=O) groups excluding carboxylic acids is 1. The number of hydrogen-bond donors (Lipinski definition) is 2. The van der Waals surface area contributed by atoms with Crippen LogP contribution in [0.15, 0.2) is 30.3 Å². The molecule has 0 bridgehead atoms. The van der Waals surface area contributed by atoms with Crippen molar-refractivity contribution in [3.63, 3.8) is 0 Å². The molecule has 0 spiro atoms. The van der Waals surface area contributed by atoms with Gasteiger partial charge in [-0.25, -0.2) is 4.98 Å². The fourth-order valence-corrected chi connectivity index (χ4v) is 2.51. The molecular weight excluding hydrogens is 316 g/mol. The molecule has 0 unspecified atom stereocenters. The number of nitrogens with zero attached hydrogens (tertiary/aromatic N) is 4. The van der Waals surface area contributed by atoms with Gasteiger partial charge in [0.1, 0.15) is 11.5 Å². The Morgan fingerprint density at radius 1 is 1.28 bits per heavy atom. The second-order valence-electron chi connectivity index (χ2n) is 6.20. The van der Waals surface area contributed by atoms with Gasteiger partial charge >= 0.3 is 0 Å². The van der Waals surface area contributed by atoms with E-state index < -0.39 is 0 Å². The zero-order valence-corrected chi connectivity index (χ0v) is 14.9. The second kappa shape index (κ2) is 6.88. The van der Waals surface area contributed by atoms with Gasteiger partial charge < -0.3 is 5.32 Å². The van der Waals surface area contributed by atoms with Crippen LogP contribution < -0.4 is 5.32 Å². The van der Waals surface area contributed by atoms with Crippen LogP contribution in [0.25, 0.3) is 11.4 Å². The van der Waals surface area contributed by atoms with E-state index in [-0.39, 0.29) is 11.8 Å². The van der Waals surface area contributed by atoms with E-state index in [9.17, 15) is 4.79 Å². The van der Waals surface area contributed by atoms with E-state index in [1.54, 1.807) is 4.68 Å². The lowest BCUT2D eigenvalue weighted by atomic mass is 10.1. The third-order valence-corrected chi connectivity index (χ3v) is 3.92. The molecule has 2 aromatic heterocycles. The monoisotopic (exact) mass is 338 g/mol. The highest BCUT2D eigenvalue weighted by Gasteiger charge is 2.16. The maximum absolute atomic E-state index is 12.6. The maximum atomic E-state index is 12.6. The van der Waals surface area contributed by atoms with Gasteiger partial charge in [-0.3, -0.25) is 14.6 Å². The van der Waals surface area contributed by atoms with Gasteiger partial charge in [-0.15, -0.1) is 0 Å². The Bertz CT molecular complexity index is 875. The van der Waals surface area contributed by atoms with Crippen LogP contribution in [0.4, 0.5) is 5.69 Å². The van der Waals surface area contributed by atoms with Crippen LogP contribution in [0.3, 0.4) is 0 Å². The highest BCUT2D eigenvalue weighted by molar-refractivity contribution is 6.03. The summed E-state index contributed by atoms with van der Waals surface area (Å²) in [5.41, 5.74) is 3.10. The Hall–Kier alpha value is -2.96. The lowest BCUT2D eigenvalue weighted by Crippen LogP contribution is -2.17. The number of carbonyl (C=O) groups is 1. The summed E-state index contributed by atoms with van der Waals surface area (Å²) < 4.78 is 1.73. The number of aromatic amines is 1. The predicted molar refractivity (Wildman–Crippen MR) is 96.5 cm³/mol. The topological polar surface area (TPSA) is 88.5 Å². The highest BCUT2D eigenvalue weighted by atomic mass is 16.2. The van der Waals surface area contributed by atoms with E-state index in [0.29, 0.717) is 18.1 Å². The van der Waals surface area contributed by atoms with Crippen molar-refractivity contribution in [2.45, 2.75) is 40.2 Å². The number of anilines is 1. The van der Waals surface area contributed by atoms with Crippen molar-refractivity contribution >= 4 is 11.6 Å². The van der Waals surface area contributed by atoms with E-state index in [2.05, 4.69) is 39.4 Å². The molecule has 0 saturated heterocycles. The van der Waals surface area contributed by atoms with Crippen molar-refractivity contribution in [2.75, 3.05) is 5.32 Å². The van der Waals surface area contributed by atoms with Gasteiger partial charge in [0, 0.05) is 17.8 Å². The molecule has 2 N–H and O–H groups in total. The zero-order valence-electron chi connectivity index (χ0n) is 14.9. The molecule has 7 nitrogen and oxygen atoms in total. The lowest BCUT2D eigenvalue weighted by Gasteiger charge is -2.07. The Morgan fingerprint density at radius 3 is 2.56 bits per heavy atom. The number of hydrogen-bond acceptors (Lipinski definition) is 4. The Kier molecular flexibility index (Phi) is 4.65. The maximum Gasteiger partial charge on any atom is 0.273 e. The minimum absolute atomic E-state index is 0.164. The van der Waals surface area contributed by atoms with Crippen molar-refractivity contribution in [1.29, 1.82) is 0 Å². The third kappa shape index (κ3) is 3.60. The van der Waals surface area contributed by atoms with E-state index in [1.165, 1.54) is 0 Å². The third-order valence-electron chi connectivity index (χ3n) is 3.92. The van der Waals surface area contributed by atoms with Gasteiger partial charge in [0.15, 0.2) is 5.82 Å². The van der Waals surface area contributed by atoms with E-state index >= 15 is 0 Å². The van der Waals surface area contributed by atoms with Gasteiger partial charge in [0.05, 0.1) is 5.69 Å². The summed E-state index contributed by atoms with van der Waals surface area (Å²) in [7, 11) is 0. The number of aromatic nitrogens is 5. The van der Waals surface area contributed by atoms with Crippen LogP contribution in [0.1, 0.15) is 48.7 Å². The molecule has 0 aliphatic carbocycles. The van der Waals surface area contributed by atoms with Gasteiger partial charge in [-0.05, 0) is 50.1 Å². The van der Waals surface area contributed by atoms with Crippen molar-refractivity contribution in [2.24, 2.45) is 0 Å². The molecule has 0 fully saturated rings. The number of rotatable bonds is 5. The fraction of sp³-hybridized carbons (Fsp3) is 0.333. The first-order chi connectivity index (χ1) is 12.0. The number of amides is 1. The summed E-state index contributed by atoms with van der Waals surface area (Å²) in [5, 5.41) is 14.4. The largest absolute Gasteiger partial charge is 0.321 e. The lowest BCUT2D eigenvalue weighted by molar-refractivity contribution is 0.101. The summed E-state index contributed by atoms with van der Waals surface area (Å²) >= 11 is 0. The van der Waals surface area contributed by atoms with Crippen molar-refractivity contribution in [3.05, 3.63) is 47.5 Å². The molecule has 7 heteroatoms. The molecule has 1 aromatic carbocycles. The van der Waals surface area contributed by atoms with Crippen molar-refractivity contribution < 1.29 is 4.79 Å². The minimum atomic E-state index is -0.164. The number of H-pyrrole nitrogens is 1. The predicted octanol–water partition coefficient (Wildman–Crippen LogP) is 3.37. The molecule has 0 atom stereocenters. The quantitative estimate of drug-likeness (QED) is 0.746. The Morgan fingerprint density at radius 2 is 2.00 bits per heavy atom. The SMILES string of the molecule is CCn1nc(C(C)C)cc1C(=O)Nc1ccc(-c2n[nH]c(C)n2)cc1. The van der Waals surface area contributed by atoms with Crippen molar-refractivity contribution in [3.8, 4) is 11.4 Å². The standard InChI is InChI=1S/C18H22N6O/c1-5-24-16(10-15(23-24)11(2)3)18(25)20-14-8-6-13(7-9-14)17-19-12(4)21-22-17/h6-11H,5H2,1-4H3,(H,20,25)(H,19,21,22). The van der Waals surface area contributed by atoms with Crippen LogP contribution in [0.2, 0.25) is 0 Å². The van der Waals surface area contributed by atoms with Gasteiger partial charge in [-0.1, -0.05) is 13.8 Å². The average Bonchev–Trinajstić information content (AvgIpc) is 3.22. The molecule has 0 saturated carbocycles. The number of benzene rings is 1. The van der Waals surface area contributed by atoms with Crippen LogP contribution in [-0.2, 0) is 6.54 Å². The summed E-state index contributed by atoms with van der Waals surface area (Å²) in [5.74, 6) is 1.52.